The number of aliphatic carboxylic acids is 1. The van der Waals surface area contributed by atoms with Crippen LogP contribution in [0.25, 0.3) is 0 Å². The predicted molar refractivity (Wildman–Crippen MR) is 52.2 cm³/mol. The Balaban J connectivity index is 2.75. The van der Waals surface area contributed by atoms with Gasteiger partial charge in [0.2, 0.25) is 5.78 Å². The Morgan fingerprint density at radius 2 is 1.93 bits per heavy atom. The highest BCUT2D eigenvalue weighted by Gasteiger charge is 2.37. The summed E-state index contributed by atoms with van der Waals surface area (Å²) in [4.78, 5) is 35.0. The van der Waals surface area contributed by atoms with E-state index in [9.17, 15) is 14.4 Å². The molecule has 5 nitrogen and oxygen atoms in total. The number of carboxylic acid groups (broad SMARTS) is 1. The van der Waals surface area contributed by atoms with Crippen molar-refractivity contribution >= 4 is 17.7 Å². The van der Waals surface area contributed by atoms with E-state index in [0.29, 0.717) is 19.4 Å². The van der Waals surface area contributed by atoms with Gasteiger partial charge in [-0.3, -0.25) is 9.59 Å². The molecule has 1 saturated heterocycles. The third-order valence-corrected chi connectivity index (χ3v) is 2.53. The summed E-state index contributed by atoms with van der Waals surface area (Å²) in [7, 11) is 0. The first kappa shape index (κ1) is 11.7. The molecule has 1 atom stereocenters. The summed E-state index contributed by atoms with van der Waals surface area (Å²) < 4.78 is 0. The van der Waals surface area contributed by atoms with Crippen molar-refractivity contribution in [3.63, 3.8) is 0 Å². The summed E-state index contributed by atoms with van der Waals surface area (Å²) in [6.45, 7) is 3.63. The van der Waals surface area contributed by atoms with Crippen molar-refractivity contribution < 1.29 is 19.5 Å². The van der Waals surface area contributed by atoms with Gasteiger partial charge in [0.1, 0.15) is 6.04 Å². The molecule has 5 heteroatoms. The van der Waals surface area contributed by atoms with Gasteiger partial charge in [-0.05, 0) is 12.8 Å². The van der Waals surface area contributed by atoms with E-state index >= 15 is 0 Å². The molecule has 84 valence electrons. The molecule has 1 amide bonds. The fourth-order valence-electron chi connectivity index (χ4n) is 1.66. The Bertz CT molecular complexity index is 298. The molecular formula is C10H15NO4. The van der Waals surface area contributed by atoms with Gasteiger partial charge in [-0.2, -0.15) is 0 Å². The summed E-state index contributed by atoms with van der Waals surface area (Å²) in [6, 6.07) is -0.819. The number of carboxylic acids is 1. The lowest BCUT2D eigenvalue weighted by Gasteiger charge is -2.21. The number of amides is 1. The lowest BCUT2D eigenvalue weighted by Crippen LogP contribution is -2.44. The van der Waals surface area contributed by atoms with Gasteiger partial charge in [0.05, 0.1) is 0 Å². The van der Waals surface area contributed by atoms with E-state index in [0.717, 1.165) is 0 Å². The van der Waals surface area contributed by atoms with E-state index in [4.69, 9.17) is 5.11 Å². The van der Waals surface area contributed by atoms with Gasteiger partial charge in [0, 0.05) is 12.5 Å². The first-order valence-electron chi connectivity index (χ1n) is 5.02. The molecule has 0 aliphatic carbocycles. The average Bonchev–Trinajstić information content (AvgIpc) is 2.63. The van der Waals surface area contributed by atoms with Gasteiger partial charge in [-0.1, -0.05) is 13.8 Å². The molecule has 0 aromatic heterocycles. The number of ketones is 1. The van der Waals surface area contributed by atoms with Crippen LogP contribution < -0.4 is 0 Å². The molecule has 0 aromatic carbocycles. The fraction of sp³-hybridized carbons (Fsp3) is 0.700. The molecule has 1 unspecified atom stereocenters. The third kappa shape index (κ3) is 2.34. The highest BCUT2D eigenvalue weighted by atomic mass is 16.4. The van der Waals surface area contributed by atoms with Gasteiger partial charge >= 0.3 is 5.97 Å². The summed E-state index contributed by atoms with van der Waals surface area (Å²) in [5, 5.41) is 8.85. The van der Waals surface area contributed by atoms with Crippen LogP contribution in [-0.2, 0) is 14.4 Å². The molecule has 1 fully saturated rings. The number of likely N-dealkylation sites (tertiary alicyclic amines) is 1. The van der Waals surface area contributed by atoms with E-state index in [1.807, 2.05) is 0 Å². The smallest absolute Gasteiger partial charge is 0.326 e. The van der Waals surface area contributed by atoms with E-state index in [2.05, 4.69) is 0 Å². The zero-order valence-electron chi connectivity index (χ0n) is 8.90. The molecule has 1 aliphatic rings. The van der Waals surface area contributed by atoms with Crippen LogP contribution >= 0.6 is 0 Å². The minimum Gasteiger partial charge on any atom is -0.480 e. The fourth-order valence-corrected chi connectivity index (χ4v) is 1.66. The molecule has 0 spiro atoms. The van der Waals surface area contributed by atoms with E-state index in [1.165, 1.54) is 4.90 Å². The Labute approximate surface area is 88.1 Å². The number of Topliss-reactive ketones (excluding diaryl/α,β-unsaturated/α-hetero) is 1. The predicted octanol–water partition coefficient (Wildman–Crippen LogP) is 0.287. The first-order chi connectivity index (χ1) is 6.95. The molecule has 0 aromatic rings. The molecular weight excluding hydrogens is 198 g/mol. The molecule has 1 aliphatic heterocycles. The number of carbonyl (C=O) groups is 3. The number of rotatable bonds is 3. The molecule has 0 saturated carbocycles. The van der Waals surface area contributed by atoms with Crippen LogP contribution in [-0.4, -0.2) is 40.3 Å². The molecule has 0 bridgehead atoms. The Hall–Kier alpha value is -1.39. The highest BCUT2D eigenvalue weighted by molar-refractivity contribution is 6.37. The van der Waals surface area contributed by atoms with Crippen molar-refractivity contribution in [2.24, 2.45) is 5.92 Å². The quantitative estimate of drug-likeness (QED) is 0.683. The first-order valence-corrected chi connectivity index (χ1v) is 5.02. The summed E-state index contributed by atoms with van der Waals surface area (Å²) >= 11 is 0. The van der Waals surface area contributed by atoms with Crippen LogP contribution in [0.15, 0.2) is 0 Å². The maximum absolute atomic E-state index is 11.6. The summed E-state index contributed by atoms with van der Waals surface area (Å²) in [6.07, 6.45) is 1.08. The second kappa shape index (κ2) is 4.42. The highest BCUT2D eigenvalue weighted by Crippen LogP contribution is 2.18. The molecule has 1 N–H and O–H groups in total. The monoisotopic (exact) mass is 213 g/mol. The Morgan fingerprint density at radius 1 is 1.33 bits per heavy atom. The topological polar surface area (TPSA) is 74.7 Å². The van der Waals surface area contributed by atoms with Crippen molar-refractivity contribution in [3.05, 3.63) is 0 Å². The van der Waals surface area contributed by atoms with Gasteiger partial charge < -0.3 is 10.0 Å². The number of carbonyl (C=O) groups excluding carboxylic acids is 2. The Kier molecular flexibility index (Phi) is 3.44. The van der Waals surface area contributed by atoms with Crippen LogP contribution in [0.5, 0.6) is 0 Å². The third-order valence-electron chi connectivity index (χ3n) is 2.53. The van der Waals surface area contributed by atoms with Crippen LogP contribution in [0.3, 0.4) is 0 Å². The van der Waals surface area contributed by atoms with Gasteiger partial charge in [0.25, 0.3) is 5.91 Å². The SMILES string of the molecule is CC(C)C(=O)C(=O)N1CCCC1C(=O)O. The maximum Gasteiger partial charge on any atom is 0.326 e. The van der Waals surface area contributed by atoms with Crippen molar-refractivity contribution in [1.82, 2.24) is 4.90 Å². The number of nitrogens with zero attached hydrogens (tertiary/aromatic N) is 1. The standard InChI is InChI=1S/C10H15NO4/c1-6(2)8(12)9(13)11-5-3-4-7(11)10(14)15/h6-7H,3-5H2,1-2H3,(H,14,15). The number of hydrogen-bond donors (Lipinski definition) is 1. The zero-order valence-corrected chi connectivity index (χ0v) is 8.90. The van der Waals surface area contributed by atoms with Crippen molar-refractivity contribution in [2.45, 2.75) is 32.7 Å². The van der Waals surface area contributed by atoms with Crippen LogP contribution in [0.1, 0.15) is 26.7 Å². The molecule has 15 heavy (non-hydrogen) atoms. The average molecular weight is 213 g/mol. The van der Waals surface area contributed by atoms with E-state index < -0.39 is 23.7 Å². The van der Waals surface area contributed by atoms with E-state index in [-0.39, 0.29) is 5.92 Å². The summed E-state index contributed by atoms with van der Waals surface area (Å²) in [5.41, 5.74) is 0. The van der Waals surface area contributed by atoms with Gasteiger partial charge in [0.15, 0.2) is 0 Å². The number of hydrogen-bond acceptors (Lipinski definition) is 3. The van der Waals surface area contributed by atoms with Crippen LogP contribution in [0.4, 0.5) is 0 Å². The lowest BCUT2D eigenvalue weighted by molar-refractivity contribution is -0.152. The summed E-state index contributed by atoms with van der Waals surface area (Å²) in [5.74, 6) is -2.58. The minimum atomic E-state index is -1.03. The van der Waals surface area contributed by atoms with Gasteiger partial charge in [-0.15, -0.1) is 0 Å². The maximum atomic E-state index is 11.6. The van der Waals surface area contributed by atoms with Crippen LogP contribution in [0.2, 0.25) is 0 Å². The second-order valence-corrected chi connectivity index (χ2v) is 4.01. The van der Waals surface area contributed by atoms with Crippen molar-refractivity contribution in [3.8, 4) is 0 Å². The minimum absolute atomic E-state index is 0.369. The molecule has 0 radical (unpaired) electrons. The largest absolute Gasteiger partial charge is 0.480 e. The van der Waals surface area contributed by atoms with Crippen molar-refractivity contribution in [2.75, 3.05) is 6.54 Å². The molecule has 1 rings (SSSR count). The Morgan fingerprint density at radius 3 is 2.40 bits per heavy atom. The lowest BCUT2D eigenvalue weighted by atomic mass is 10.1. The molecule has 1 heterocycles. The van der Waals surface area contributed by atoms with Gasteiger partial charge in [-0.25, -0.2) is 4.79 Å². The van der Waals surface area contributed by atoms with Crippen LogP contribution in [0, 0.1) is 5.92 Å². The normalized spacial score (nSPS) is 20.7. The van der Waals surface area contributed by atoms with Crippen molar-refractivity contribution in [1.29, 1.82) is 0 Å². The zero-order chi connectivity index (χ0) is 11.6. The van der Waals surface area contributed by atoms with E-state index in [1.54, 1.807) is 13.8 Å². The second-order valence-electron chi connectivity index (χ2n) is 4.01.